The highest BCUT2D eigenvalue weighted by Crippen LogP contribution is 2.30. The fourth-order valence-corrected chi connectivity index (χ4v) is 7.59. The van der Waals surface area contributed by atoms with Crippen LogP contribution in [0.15, 0.2) is 72.8 Å². The van der Waals surface area contributed by atoms with Crippen LogP contribution in [0.4, 0.5) is 0 Å². The quantitative estimate of drug-likeness (QED) is 0.0700. The van der Waals surface area contributed by atoms with E-state index in [0.29, 0.717) is 0 Å². The van der Waals surface area contributed by atoms with Crippen LogP contribution in [0, 0.1) is 0 Å². The molecule has 5 heteroatoms. The maximum atomic E-state index is 5.38. The van der Waals surface area contributed by atoms with Gasteiger partial charge in [-0.3, -0.25) is 0 Å². The minimum Gasteiger partial charge on any atom is -0.497 e. The van der Waals surface area contributed by atoms with Crippen LogP contribution < -0.4 is 14.2 Å². The van der Waals surface area contributed by atoms with E-state index in [1.807, 2.05) is 0 Å². The van der Waals surface area contributed by atoms with Gasteiger partial charge in [0.25, 0.3) is 0 Å². The lowest BCUT2D eigenvalue weighted by Gasteiger charge is -2.41. The van der Waals surface area contributed by atoms with Crippen molar-refractivity contribution in [3.05, 3.63) is 89.5 Å². The summed E-state index contributed by atoms with van der Waals surface area (Å²) in [5.74, 6) is 2.72. The van der Waals surface area contributed by atoms with Crippen molar-refractivity contribution in [3.63, 3.8) is 0 Å². The zero-order valence-corrected chi connectivity index (χ0v) is 32.9. The number of hydrogen-bond donors (Lipinski definition) is 0. The smallest absolute Gasteiger partial charge is 0.118 e. The lowest BCUT2D eigenvalue weighted by atomic mass is 9.16. The largest absolute Gasteiger partial charge is 0.497 e. The minimum absolute atomic E-state index is 0.720. The molecule has 0 aliphatic carbocycles. The summed E-state index contributed by atoms with van der Waals surface area (Å²) in [6, 6.07) is 25.8. The Labute approximate surface area is 302 Å². The molecule has 0 N–H and O–H groups in total. The molecular formula is C44H72BNO3. The van der Waals surface area contributed by atoms with Crippen LogP contribution in [0.1, 0.15) is 116 Å². The maximum absolute atomic E-state index is 5.38. The Hall–Kier alpha value is -2.92. The summed E-state index contributed by atoms with van der Waals surface area (Å²) in [4.78, 5) is 0. The Balaban J connectivity index is 0.000000417. The van der Waals surface area contributed by atoms with Gasteiger partial charge in [0.05, 0.1) is 47.5 Å². The van der Waals surface area contributed by atoms with Crippen molar-refractivity contribution in [2.45, 2.75) is 124 Å². The topological polar surface area (TPSA) is 27.7 Å². The summed E-state index contributed by atoms with van der Waals surface area (Å²) < 4.78 is 17.6. The first kappa shape index (κ1) is 42.3. The highest BCUT2D eigenvalue weighted by Gasteiger charge is 2.26. The summed E-state index contributed by atoms with van der Waals surface area (Å²) in [6.07, 6.45) is 17.3. The molecule has 274 valence electrons. The lowest BCUT2D eigenvalue weighted by molar-refractivity contribution is -0.929. The molecule has 0 radical (unpaired) electrons. The molecule has 0 heterocycles. The van der Waals surface area contributed by atoms with E-state index in [4.69, 9.17) is 14.2 Å². The van der Waals surface area contributed by atoms with Crippen molar-refractivity contribution in [2.24, 2.45) is 0 Å². The average Bonchev–Trinajstić information content (AvgIpc) is 3.14. The standard InChI is InChI=1S/C28H36BO3.C16H36N/c1-5-6-19-29(20-23-7-13-26(30-2)14-8-23,21-24-9-15-27(31-3)16-10-24)22-25-11-17-28(32-4)18-12-25;1-5-9-13-17(14-10-6-2,15-11-7-3)16-12-8-4/h7-18H,5-6,19-22H2,1-4H3;5-16H2,1-4H3/q-1;+1. The normalized spacial score (nSPS) is 11.5. The number of unbranched alkanes of at least 4 members (excludes halogenated alkanes) is 5. The van der Waals surface area contributed by atoms with Gasteiger partial charge in [0.1, 0.15) is 17.2 Å². The number of nitrogens with zero attached hydrogens (tertiary/aromatic N) is 1. The Morgan fingerprint density at radius 3 is 0.898 bits per heavy atom. The highest BCUT2D eigenvalue weighted by atomic mass is 16.5. The zero-order valence-electron chi connectivity index (χ0n) is 32.9. The Morgan fingerprint density at radius 2 is 0.673 bits per heavy atom. The summed E-state index contributed by atoms with van der Waals surface area (Å²) >= 11 is 0. The highest BCUT2D eigenvalue weighted by molar-refractivity contribution is 6.78. The van der Waals surface area contributed by atoms with Gasteiger partial charge in [0.2, 0.25) is 0 Å². The third-order valence-corrected chi connectivity index (χ3v) is 10.6. The molecule has 3 aromatic carbocycles. The minimum atomic E-state index is -0.720. The lowest BCUT2D eigenvalue weighted by Crippen LogP contribution is -2.50. The molecule has 0 aromatic heterocycles. The second-order valence-electron chi connectivity index (χ2n) is 14.7. The van der Waals surface area contributed by atoms with Crippen molar-refractivity contribution < 1.29 is 18.7 Å². The third-order valence-electron chi connectivity index (χ3n) is 10.6. The fraction of sp³-hybridized carbons (Fsp3) is 0.591. The van der Waals surface area contributed by atoms with Gasteiger partial charge in [0.15, 0.2) is 0 Å². The molecule has 4 nitrogen and oxygen atoms in total. The summed E-state index contributed by atoms with van der Waals surface area (Å²) in [5.41, 5.74) is 4.14. The first-order valence-electron chi connectivity index (χ1n) is 19.8. The molecule has 0 bridgehead atoms. The monoisotopic (exact) mass is 674 g/mol. The van der Waals surface area contributed by atoms with Gasteiger partial charge >= 0.3 is 0 Å². The maximum Gasteiger partial charge on any atom is 0.118 e. The third kappa shape index (κ3) is 15.7. The molecule has 0 aliphatic heterocycles. The molecule has 0 spiro atoms. The molecule has 3 aromatic rings. The molecule has 0 amide bonds. The van der Waals surface area contributed by atoms with E-state index in [2.05, 4.69) is 107 Å². The average molecular weight is 674 g/mol. The SMILES string of the molecule is CCCC[B-](Cc1ccc(OC)cc1)(Cc1ccc(OC)cc1)Cc1ccc(OC)cc1.CCCC[N+](CCCC)(CCCC)CCCC. The Bertz CT molecular complexity index is 1070. The molecule has 0 unspecified atom stereocenters. The number of ether oxygens (including phenoxy) is 3. The van der Waals surface area contributed by atoms with Crippen LogP contribution in [0.5, 0.6) is 17.2 Å². The van der Waals surface area contributed by atoms with Crippen LogP contribution in [0.3, 0.4) is 0 Å². The van der Waals surface area contributed by atoms with E-state index >= 15 is 0 Å². The zero-order chi connectivity index (χ0) is 35.8. The van der Waals surface area contributed by atoms with Crippen LogP contribution in [0.25, 0.3) is 0 Å². The molecule has 0 fully saturated rings. The van der Waals surface area contributed by atoms with Crippen molar-refractivity contribution in [3.8, 4) is 17.2 Å². The number of benzene rings is 3. The number of methoxy groups -OCH3 is 3. The molecule has 0 saturated carbocycles. The first-order chi connectivity index (χ1) is 23.8. The fourth-order valence-electron chi connectivity index (χ4n) is 7.59. The van der Waals surface area contributed by atoms with Crippen LogP contribution in [-0.2, 0) is 19.0 Å². The van der Waals surface area contributed by atoms with E-state index < -0.39 is 6.15 Å². The van der Waals surface area contributed by atoms with E-state index in [9.17, 15) is 0 Å². The van der Waals surface area contributed by atoms with Crippen LogP contribution in [0.2, 0.25) is 6.32 Å². The van der Waals surface area contributed by atoms with E-state index in [1.165, 1.54) is 118 Å². The first-order valence-corrected chi connectivity index (χ1v) is 19.8. The number of hydrogen-bond acceptors (Lipinski definition) is 3. The molecule has 49 heavy (non-hydrogen) atoms. The Morgan fingerprint density at radius 1 is 0.408 bits per heavy atom. The van der Waals surface area contributed by atoms with Crippen LogP contribution >= 0.6 is 0 Å². The van der Waals surface area contributed by atoms with Gasteiger partial charge in [-0.15, -0.1) is 0 Å². The van der Waals surface area contributed by atoms with Crippen molar-refractivity contribution in [1.82, 2.24) is 0 Å². The van der Waals surface area contributed by atoms with E-state index in [0.717, 1.165) is 36.2 Å². The van der Waals surface area contributed by atoms with E-state index in [-0.39, 0.29) is 0 Å². The van der Waals surface area contributed by atoms with E-state index in [1.54, 1.807) is 21.3 Å². The summed E-state index contributed by atoms with van der Waals surface area (Å²) in [6.45, 7) is 17.3. The molecule has 0 saturated heterocycles. The van der Waals surface area contributed by atoms with Crippen LogP contribution in [-0.4, -0.2) is 58.1 Å². The molecule has 0 aliphatic rings. The van der Waals surface area contributed by atoms with Gasteiger partial charge in [0, 0.05) is 6.15 Å². The molecule has 3 rings (SSSR count). The predicted octanol–water partition coefficient (Wildman–Crippen LogP) is 11.6. The van der Waals surface area contributed by atoms with Gasteiger partial charge in [-0.1, -0.05) is 126 Å². The number of quaternary nitrogens is 1. The second kappa shape index (κ2) is 24.3. The second-order valence-corrected chi connectivity index (χ2v) is 14.7. The summed E-state index contributed by atoms with van der Waals surface area (Å²) in [7, 11) is 5.16. The van der Waals surface area contributed by atoms with Crippen molar-refractivity contribution >= 4 is 6.15 Å². The summed E-state index contributed by atoms with van der Waals surface area (Å²) in [5, 5.41) is 0. The van der Waals surface area contributed by atoms with Gasteiger partial charge in [-0.25, -0.2) is 0 Å². The van der Waals surface area contributed by atoms with Gasteiger partial charge < -0.3 is 18.7 Å². The van der Waals surface area contributed by atoms with Crippen molar-refractivity contribution in [1.29, 1.82) is 0 Å². The molecular weight excluding hydrogens is 601 g/mol. The van der Waals surface area contributed by atoms with Gasteiger partial charge in [-0.05, 0) is 62.1 Å². The van der Waals surface area contributed by atoms with Crippen molar-refractivity contribution in [2.75, 3.05) is 47.5 Å². The van der Waals surface area contributed by atoms with Gasteiger partial charge in [-0.2, -0.15) is 25.3 Å². The Kier molecular flexibility index (Phi) is 20.9. The predicted molar refractivity (Wildman–Crippen MR) is 215 cm³/mol. The molecule has 0 atom stereocenters. The number of rotatable bonds is 24.